The summed E-state index contributed by atoms with van der Waals surface area (Å²) in [5.74, 6) is 0.922. The Kier molecular flexibility index (Phi) is 3.22. The summed E-state index contributed by atoms with van der Waals surface area (Å²) in [7, 11) is 0. The number of para-hydroxylation sites is 1. The lowest BCUT2D eigenvalue weighted by atomic mass is 10.0. The molecule has 2 heterocycles. The van der Waals surface area contributed by atoms with Crippen molar-refractivity contribution in [3.8, 4) is 0 Å². The summed E-state index contributed by atoms with van der Waals surface area (Å²) in [6, 6.07) is 12.3. The minimum atomic E-state index is -0.457. The molecule has 0 unspecified atom stereocenters. The predicted molar refractivity (Wildman–Crippen MR) is 76.6 cm³/mol. The van der Waals surface area contributed by atoms with Gasteiger partial charge in [-0.3, -0.25) is 0 Å². The number of hydrogen-bond donors (Lipinski definition) is 1. The number of anilines is 2. The van der Waals surface area contributed by atoms with Gasteiger partial charge in [0.2, 0.25) is 0 Å². The number of fused-ring (bicyclic) bond motifs is 1. The van der Waals surface area contributed by atoms with E-state index in [2.05, 4.69) is 34.1 Å². The van der Waals surface area contributed by atoms with Crippen LogP contribution in [0.25, 0.3) is 0 Å². The topological polar surface area (TPSA) is 36.4 Å². The molecule has 0 spiro atoms. The number of aryl methyl sites for hydroxylation is 1. The molecule has 0 fully saturated rings. The quantitative estimate of drug-likeness (QED) is 0.894. The van der Waals surface area contributed by atoms with Crippen LogP contribution in [0.2, 0.25) is 0 Å². The number of nitrogens with zero attached hydrogens (tertiary/aromatic N) is 2. The van der Waals surface area contributed by atoms with Crippen LogP contribution in [0.15, 0.2) is 42.6 Å². The molecule has 1 N–H and O–H groups in total. The van der Waals surface area contributed by atoms with Gasteiger partial charge in [0.05, 0.1) is 6.10 Å². The molecule has 3 heteroatoms. The summed E-state index contributed by atoms with van der Waals surface area (Å²) in [6.45, 7) is 2.76. The number of hydrogen-bond acceptors (Lipinski definition) is 3. The molecule has 1 atom stereocenters. The molecule has 98 valence electrons. The summed E-state index contributed by atoms with van der Waals surface area (Å²) in [5.41, 5.74) is 3.52. The van der Waals surface area contributed by atoms with Crippen molar-refractivity contribution >= 4 is 11.5 Å². The lowest BCUT2D eigenvalue weighted by molar-refractivity contribution is 0.199. The third-order valence-electron chi connectivity index (χ3n) is 3.64. The zero-order valence-corrected chi connectivity index (χ0v) is 11.1. The number of rotatable bonds is 2. The molecule has 0 saturated carbocycles. The first kappa shape index (κ1) is 12.2. The number of pyridine rings is 1. The Morgan fingerprint density at radius 2 is 2.11 bits per heavy atom. The lowest BCUT2D eigenvalue weighted by Gasteiger charge is -2.30. The van der Waals surface area contributed by atoms with Crippen molar-refractivity contribution < 1.29 is 5.11 Å². The highest BCUT2D eigenvalue weighted by Crippen LogP contribution is 2.32. The largest absolute Gasteiger partial charge is 0.389 e. The molecule has 1 aliphatic rings. The zero-order chi connectivity index (χ0) is 13.2. The number of aliphatic hydroxyl groups excluding tert-OH is 1. The Morgan fingerprint density at radius 3 is 2.95 bits per heavy atom. The van der Waals surface area contributed by atoms with Gasteiger partial charge in [-0.15, -0.1) is 0 Å². The Bertz CT molecular complexity index is 580. The van der Waals surface area contributed by atoms with Crippen LogP contribution >= 0.6 is 0 Å². The highest BCUT2D eigenvalue weighted by molar-refractivity contribution is 5.65. The van der Waals surface area contributed by atoms with Gasteiger partial charge < -0.3 is 10.0 Å². The van der Waals surface area contributed by atoms with E-state index in [1.54, 1.807) is 13.1 Å². The van der Waals surface area contributed by atoms with Crippen LogP contribution < -0.4 is 4.90 Å². The minimum absolute atomic E-state index is 0.457. The van der Waals surface area contributed by atoms with Crippen molar-refractivity contribution in [2.45, 2.75) is 25.9 Å². The van der Waals surface area contributed by atoms with Crippen molar-refractivity contribution in [1.82, 2.24) is 4.98 Å². The predicted octanol–water partition coefficient (Wildman–Crippen LogP) is 3.22. The van der Waals surface area contributed by atoms with E-state index in [0.29, 0.717) is 0 Å². The fourth-order valence-corrected chi connectivity index (χ4v) is 2.61. The standard InChI is InChI=1S/C16H18N2O/c1-12(19)14-8-9-17-16(11-14)18-10-4-6-13-5-2-3-7-15(13)18/h2-3,5,7-9,11-12,19H,4,6,10H2,1H3/t12-/m0/s1. The number of aromatic nitrogens is 1. The zero-order valence-electron chi connectivity index (χ0n) is 11.1. The van der Waals surface area contributed by atoms with E-state index < -0.39 is 6.10 Å². The molecule has 0 saturated heterocycles. The second-order valence-corrected chi connectivity index (χ2v) is 5.01. The summed E-state index contributed by atoms with van der Waals surface area (Å²) < 4.78 is 0. The molecule has 2 aromatic rings. The molecule has 0 radical (unpaired) electrons. The summed E-state index contributed by atoms with van der Waals surface area (Å²) in [4.78, 5) is 6.70. The Labute approximate surface area is 113 Å². The Balaban J connectivity index is 2.01. The SMILES string of the molecule is C[C@H](O)c1ccnc(N2CCCc3ccccc32)c1. The maximum Gasteiger partial charge on any atom is 0.133 e. The molecule has 0 amide bonds. The second-order valence-electron chi connectivity index (χ2n) is 5.01. The Morgan fingerprint density at radius 1 is 1.26 bits per heavy atom. The van der Waals surface area contributed by atoms with Crippen LogP contribution in [-0.2, 0) is 6.42 Å². The number of benzene rings is 1. The van der Waals surface area contributed by atoms with Gasteiger partial charge in [0.25, 0.3) is 0 Å². The molecule has 0 aliphatic carbocycles. The number of aliphatic hydroxyl groups is 1. The first-order valence-electron chi connectivity index (χ1n) is 6.75. The van der Waals surface area contributed by atoms with Gasteiger partial charge >= 0.3 is 0 Å². The van der Waals surface area contributed by atoms with Crippen LogP contribution in [0, 0.1) is 0 Å². The van der Waals surface area contributed by atoms with E-state index in [-0.39, 0.29) is 0 Å². The summed E-state index contributed by atoms with van der Waals surface area (Å²) >= 11 is 0. The Hall–Kier alpha value is -1.87. The maximum atomic E-state index is 9.70. The molecule has 19 heavy (non-hydrogen) atoms. The average Bonchev–Trinajstić information content (AvgIpc) is 2.47. The van der Waals surface area contributed by atoms with Crippen molar-refractivity contribution in [2.75, 3.05) is 11.4 Å². The average molecular weight is 254 g/mol. The molecule has 1 aromatic heterocycles. The molecule has 1 aliphatic heterocycles. The summed E-state index contributed by atoms with van der Waals surface area (Å²) in [5, 5.41) is 9.70. The molecule has 3 nitrogen and oxygen atoms in total. The first-order chi connectivity index (χ1) is 9.25. The normalized spacial score (nSPS) is 16.0. The third kappa shape index (κ3) is 2.34. The van der Waals surface area contributed by atoms with Gasteiger partial charge in [-0.1, -0.05) is 18.2 Å². The van der Waals surface area contributed by atoms with E-state index in [1.165, 1.54) is 11.3 Å². The second kappa shape index (κ2) is 5.02. The minimum Gasteiger partial charge on any atom is -0.389 e. The fraction of sp³-hybridized carbons (Fsp3) is 0.312. The molecule has 3 rings (SSSR count). The van der Waals surface area contributed by atoms with Gasteiger partial charge in [0.1, 0.15) is 5.82 Å². The highest BCUT2D eigenvalue weighted by atomic mass is 16.3. The van der Waals surface area contributed by atoms with Crippen molar-refractivity contribution in [3.05, 3.63) is 53.7 Å². The van der Waals surface area contributed by atoms with Crippen LogP contribution in [0.1, 0.15) is 30.6 Å². The maximum absolute atomic E-state index is 9.70. The smallest absolute Gasteiger partial charge is 0.133 e. The van der Waals surface area contributed by atoms with E-state index in [0.717, 1.165) is 30.8 Å². The van der Waals surface area contributed by atoms with E-state index >= 15 is 0 Å². The first-order valence-corrected chi connectivity index (χ1v) is 6.75. The van der Waals surface area contributed by atoms with E-state index in [1.807, 2.05) is 12.1 Å². The third-order valence-corrected chi connectivity index (χ3v) is 3.64. The van der Waals surface area contributed by atoms with Gasteiger partial charge in [0, 0.05) is 18.4 Å². The van der Waals surface area contributed by atoms with Gasteiger partial charge in [-0.2, -0.15) is 0 Å². The van der Waals surface area contributed by atoms with E-state index in [4.69, 9.17) is 0 Å². The lowest BCUT2D eigenvalue weighted by Crippen LogP contribution is -2.25. The van der Waals surface area contributed by atoms with Crippen LogP contribution in [0.5, 0.6) is 0 Å². The highest BCUT2D eigenvalue weighted by Gasteiger charge is 2.19. The van der Waals surface area contributed by atoms with Crippen LogP contribution in [0.3, 0.4) is 0 Å². The van der Waals surface area contributed by atoms with E-state index in [9.17, 15) is 5.11 Å². The monoisotopic (exact) mass is 254 g/mol. The molecule has 0 bridgehead atoms. The van der Waals surface area contributed by atoms with Gasteiger partial charge in [0.15, 0.2) is 0 Å². The van der Waals surface area contributed by atoms with Gasteiger partial charge in [-0.25, -0.2) is 4.98 Å². The molecular formula is C16H18N2O. The van der Waals surface area contributed by atoms with Crippen molar-refractivity contribution in [2.24, 2.45) is 0 Å². The van der Waals surface area contributed by atoms with Crippen LogP contribution in [0.4, 0.5) is 11.5 Å². The molecule has 1 aromatic carbocycles. The van der Waals surface area contributed by atoms with Gasteiger partial charge in [-0.05, 0) is 49.1 Å². The molecular weight excluding hydrogens is 236 g/mol. The fourth-order valence-electron chi connectivity index (χ4n) is 2.61. The van der Waals surface area contributed by atoms with Crippen molar-refractivity contribution in [3.63, 3.8) is 0 Å². The van der Waals surface area contributed by atoms with Crippen LogP contribution in [-0.4, -0.2) is 16.6 Å². The summed E-state index contributed by atoms with van der Waals surface area (Å²) in [6.07, 6.45) is 3.58. The van der Waals surface area contributed by atoms with Crippen molar-refractivity contribution in [1.29, 1.82) is 0 Å².